The van der Waals surface area contributed by atoms with E-state index in [1.807, 2.05) is 12.1 Å². The van der Waals surface area contributed by atoms with Gasteiger partial charge in [-0.3, -0.25) is 9.58 Å². The molecule has 1 atom stereocenters. The van der Waals surface area contributed by atoms with E-state index in [-0.39, 0.29) is 11.6 Å². The van der Waals surface area contributed by atoms with Gasteiger partial charge in [0.1, 0.15) is 0 Å². The smallest absolute Gasteiger partial charge is 0.379 e. The van der Waals surface area contributed by atoms with Crippen molar-refractivity contribution in [2.75, 3.05) is 26.3 Å². The number of halogens is 3. The van der Waals surface area contributed by atoms with Gasteiger partial charge in [-0.1, -0.05) is 24.3 Å². The molecule has 1 aromatic carbocycles. The van der Waals surface area contributed by atoms with E-state index in [0.717, 1.165) is 18.7 Å². The van der Waals surface area contributed by atoms with Crippen molar-refractivity contribution in [2.45, 2.75) is 26.1 Å². The predicted molar refractivity (Wildman–Crippen MR) is 89.2 cm³/mol. The van der Waals surface area contributed by atoms with E-state index in [2.05, 4.69) is 16.9 Å². The predicted octanol–water partition coefficient (Wildman–Crippen LogP) is 3.81. The van der Waals surface area contributed by atoms with Crippen LogP contribution in [-0.4, -0.2) is 41.0 Å². The molecule has 0 radical (unpaired) electrons. The number of rotatable bonds is 3. The molecule has 0 N–H and O–H groups in total. The van der Waals surface area contributed by atoms with Crippen LogP contribution >= 0.6 is 0 Å². The molecule has 2 heterocycles. The lowest BCUT2D eigenvalue weighted by Crippen LogP contribution is -2.37. The van der Waals surface area contributed by atoms with E-state index in [1.54, 1.807) is 19.1 Å². The number of benzene rings is 1. The maximum atomic E-state index is 13.3. The number of hydrogen-bond acceptors (Lipinski definition) is 3. The van der Waals surface area contributed by atoms with Gasteiger partial charge in [0.25, 0.3) is 0 Å². The average Bonchev–Trinajstić information content (AvgIpc) is 2.91. The Hall–Kier alpha value is -1.86. The molecular weight excluding hydrogens is 331 g/mol. The molecule has 1 aliphatic heterocycles. The first-order valence-electron chi connectivity index (χ1n) is 8.32. The summed E-state index contributed by atoms with van der Waals surface area (Å²) in [7, 11) is 1.53. The van der Waals surface area contributed by atoms with Crippen molar-refractivity contribution in [3.63, 3.8) is 0 Å². The minimum atomic E-state index is -4.47. The maximum Gasteiger partial charge on any atom is 0.435 e. The SMILES string of the molecule is Cc1c(-c2ccc([C@H](C)N3CCOCC3)cc2)c(C(F)(F)F)nn1C. The van der Waals surface area contributed by atoms with Crippen molar-refractivity contribution in [3.8, 4) is 11.1 Å². The van der Waals surface area contributed by atoms with Crippen LogP contribution in [-0.2, 0) is 18.0 Å². The Labute approximate surface area is 145 Å². The Morgan fingerprint density at radius 3 is 2.28 bits per heavy atom. The van der Waals surface area contributed by atoms with E-state index < -0.39 is 11.9 Å². The van der Waals surface area contributed by atoms with E-state index in [0.29, 0.717) is 24.5 Å². The monoisotopic (exact) mass is 353 g/mol. The van der Waals surface area contributed by atoms with Crippen molar-refractivity contribution in [1.29, 1.82) is 0 Å². The quantitative estimate of drug-likeness (QED) is 0.841. The van der Waals surface area contributed by atoms with Crippen LogP contribution in [0.2, 0.25) is 0 Å². The van der Waals surface area contributed by atoms with E-state index in [9.17, 15) is 13.2 Å². The lowest BCUT2D eigenvalue weighted by Gasteiger charge is -2.32. The lowest BCUT2D eigenvalue weighted by atomic mass is 9.99. The summed E-state index contributed by atoms with van der Waals surface area (Å²) < 4.78 is 46.5. The minimum absolute atomic E-state index is 0.153. The highest BCUT2D eigenvalue weighted by Crippen LogP contribution is 2.38. The minimum Gasteiger partial charge on any atom is -0.379 e. The first-order valence-corrected chi connectivity index (χ1v) is 8.32. The molecule has 1 aliphatic rings. The Bertz CT molecular complexity index is 731. The molecule has 0 aliphatic carbocycles. The second kappa shape index (κ2) is 6.80. The molecule has 4 nitrogen and oxygen atoms in total. The standard InChI is InChI=1S/C18H22F3N3O/c1-12(24-8-10-25-11-9-24)14-4-6-15(7-5-14)16-13(2)23(3)22-17(16)18(19,20)21/h4-7,12H,8-11H2,1-3H3/t12-/m0/s1. The van der Waals surface area contributed by atoms with Crippen LogP contribution in [0.3, 0.4) is 0 Å². The number of aromatic nitrogens is 2. The molecule has 1 aromatic heterocycles. The highest BCUT2D eigenvalue weighted by Gasteiger charge is 2.38. The summed E-state index contributed by atoms with van der Waals surface area (Å²) in [6.45, 7) is 6.92. The van der Waals surface area contributed by atoms with Crippen molar-refractivity contribution in [2.24, 2.45) is 7.05 Å². The molecule has 0 saturated carbocycles. The molecule has 0 spiro atoms. The lowest BCUT2D eigenvalue weighted by molar-refractivity contribution is -0.140. The summed E-state index contributed by atoms with van der Waals surface area (Å²) in [6.07, 6.45) is -4.47. The van der Waals surface area contributed by atoms with Crippen LogP contribution < -0.4 is 0 Å². The van der Waals surface area contributed by atoms with Crippen LogP contribution in [0.15, 0.2) is 24.3 Å². The zero-order valence-corrected chi connectivity index (χ0v) is 14.6. The highest BCUT2D eigenvalue weighted by atomic mass is 19.4. The van der Waals surface area contributed by atoms with Crippen LogP contribution in [0, 0.1) is 6.92 Å². The van der Waals surface area contributed by atoms with Gasteiger partial charge in [-0.05, 0) is 25.0 Å². The fourth-order valence-electron chi connectivity index (χ4n) is 3.26. The van der Waals surface area contributed by atoms with E-state index in [1.165, 1.54) is 11.7 Å². The molecule has 25 heavy (non-hydrogen) atoms. The van der Waals surface area contributed by atoms with Gasteiger partial charge in [0.15, 0.2) is 5.69 Å². The summed E-state index contributed by atoms with van der Waals surface area (Å²) in [5, 5.41) is 3.66. The number of ether oxygens (including phenoxy) is 1. The van der Waals surface area contributed by atoms with Gasteiger partial charge in [0.2, 0.25) is 0 Å². The molecule has 2 aromatic rings. The van der Waals surface area contributed by atoms with E-state index >= 15 is 0 Å². The summed E-state index contributed by atoms with van der Waals surface area (Å²) in [6, 6.07) is 7.52. The van der Waals surface area contributed by atoms with Crippen molar-refractivity contribution in [3.05, 3.63) is 41.2 Å². The fourth-order valence-corrected chi connectivity index (χ4v) is 3.26. The highest BCUT2D eigenvalue weighted by molar-refractivity contribution is 5.69. The third-order valence-corrected chi connectivity index (χ3v) is 4.88. The van der Waals surface area contributed by atoms with Crippen LogP contribution in [0.1, 0.15) is 29.9 Å². The average molecular weight is 353 g/mol. The topological polar surface area (TPSA) is 30.3 Å². The Kier molecular flexibility index (Phi) is 4.88. The summed E-state index contributed by atoms with van der Waals surface area (Å²) in [5.41, 5.74) is 1.44. The molecule has 3 rings (SSSR count). The first kappa shape index (κ1) is 17.9. The largest absolute Gasteiger partial charge is 0.435 e. The number of morpholine rings is 1. The van der Waals surface area contributed by atoms with Gasteiger partial charge in [-0.2, -0.15) is 18.3 Å². The van der Waals surface area contributed by atoms with Gasteiger partial charge in [0.05, 0.1) is 13.2 Å². The van der Waals surface area contributed by atoms with Crippen LogP contribution in [0.4, 0.5) is 13.2 Å². The molecule has 1 fully saturated rings. The van der Waals surface area contributed by atoms with Crippen LogP contribution in [0.25, 0.3) is 11.1 Å². The van der Waals surface area contributed by atoms with Crippen LogP contribution in [0.5, 0.6) is 0 Å². The molecule has 0 bridgehead atoms. The maximum absolute atomic E-state index is 13.3. The van der Waals surface area contributed by atoms with Crippen molar-refractivity contribution in [1.82, 2.24) is 14.7 Å². The summed E-state index contributed by atoms with van der Waals surface area (Å²) in [5.74, 6) is 0. The summed E-state index contributed by atoms with van der Waals surface area (Å²) in [4.78, 5) is 2.31. The number of hydrogen-bond donors (Lipinski definition) is 0. The zero-order valence-electron chi connectivity index (χ0n) is 14.6. The van der Waals surface area contributed by atoms with E-state index in [4.69, 9.17) is 4.74 Å². The van der Waals surface area contributed by atoms with Gasteiger partial charge in [-0.25, -0.2) is 0 Å². The van der Waals surface area contributed by atoms with Gasteiger partial charge < -0.3 is 4.74 Å². The number of aryl methyl sites for hydroxylation is 1. The van der Waals surface area contributed by atoms with Gasteiger partial charge in [-0.15, -0.1) is 0 Å². The normalized spacial score (nSPS) is 17.7. The van der Waals surface area contributed by atoms with Gasteiger partial charge in [0, 0.05) is 37.4 Å². The molecule has 0 amide bonds. The molecule has 7 heteroatoms. The zero-order chi connectivity index (χ0) is 18.2. The summed E-state index contributed by atoms with van der Waals surface area (Å²) >= 11 is 0. The second-order valence-corrected chi connectivity index (χ2v) is 6.38. The number of nitrogens with zero attached hydrogens (tertiary/aromatic N) is 3. The fraction of sp³-hybridized carbons (Fsp3) is 0.500. The second-order valence-electron chi connectivity index (χ2n) is 6.38. The Balaban J connectivity index is 1.90. The molecule has 1 saturated heterocycles. The Morgan fingerprint density at radius 2 is 1.72 bits per heavy atom. The third kappa shape index (κ3) is 3.57. The molecule has 136 valence electrons. The van der Waals surface area contributed by atoms with Crippen molar-refractivity contribution >= 4 is 0 Å². The molecular formula is C18H22F3N3O. The Morgan fingerprint density at radius 1 is 1.12 bits per heavy atom. The van der Waals surface area contributed by atoms with Crippen molar-refractivity contribution < 1.29 is 17.9 Å². The number of alkyl halides is 3. The molecule has 0 unspecified atom stereocenters. The third-order valence-electron chi connectivity index (χ3n) is 4.88. The van der Waals surface area contributed by atoms with Gasteiger partial charge >= 0.3 is 6.18 Å². The first-order chi connectivity index (χ1) is 11.8.